The number of rotatable bonds is 4. The van der Waals surface area contributed by atoms with Crippen LogP contribution in [0.25, 0.3) is 0 Å². The molecular formula is C16H24BrClN2. The highest BCUT2D eigenvalue weighted by atomic mass is 79.9. The third-order valence-corrected chi connectivity index (χ3v) is 5.15. The molecule has 1 aromatic rings. The van der Waals surface area contributed by atoms with Gasteiger partial charge in [0.15, 0.2) is 0 Å². The van der Waals surface area contributed by atoms with E-state index in [4.69, 9.17) is 17.3 Å². The van der Waals surface area contributed by atoms with Gasteiger partial charge < -0.3 is 10.6 Å². The molecule has 1 fully saturated rings. The van der Waals surface area contributed by atoms with E-state index in [9.17, 15) is 0 Å². The standard InChI is InChI=1S/C16H24BrClN2/c1-16(2)6-9-20(10-7-16)8-5-15(19)13-4-3-12(17)11-14(13)18/h3-4,11,15H,5-10,19H2,1-2H3. The van der Waals surface area contributed by atoms with Gasteiger partial charge in [-0.3, -0.25) is 0 Å². The third-order valence-electron chi connectivity index (χ3n) is 4.33. The van der Waals surface area contributed by atoms with Crippen LogP contribution in [0.2, 0.25) is 5.02 Å². The van der Waals surface area contributed by atoms with Gasteiger partial charge in [0.1, 0.15) is 0 Å². The summed E-state index contributed by atoms with van der Waals surface area (Å²) in [5.41, 5.74) is 7.85. The van der Waals surface area contributed by atoms with Gasteiger partial charge in [0, 0.05) is 15.5 Å². The normalized spacial score (nSPS) is 20.9. The van der Waals surface area contributed by atoms with Gasteiger partial charge in [0.25, 0.3) is 0 Å². The second-order valence-corrected chi connectivity index (χ2v) is 7.89. The van der Waals surface area contributed by atoms with E-state index in [0.717, 1.165) is 28.0 Å². The van der Waals surface area contributed by atoms with Gasteiger partial charge in [0.05, 0.1) is 0 Å². The number of hydrogen-bond donors (Lipinski definition) is 1. The lowest BCUT2D eigenvalue weighted by molar-refractivity contribution is 0.129. The number of halogens is 2. The van der Waals surface area contributed by atoms with E-state index in [-0.39, 0.29) is 6.04 Å². The molecule has 20 heavy (non-hydrogen) atoms. The van der Waals surface area contributed by atoms with Crippen molar-refractivity contribution in [3.8, 4) is 0 Å². The second kappa shape index (κ2) is 6.78. The van der Waals surface area contributed by atoms with Crippen LogP contribution in [0.1, 0.15) is 44.7 Å². The zero-order valence-corrected chi connectivity index (χ0v) is 14.7. The molecule has 1 aliphatic heterocycles. The maximum atomic E-state index is 6.29. The first-order valence-corrected chi connectivity index (χ1v) is 8.47. The topological polar surface area (TPSA) is 29.3 Å². The van der Waals surface area contributed by atoms with Crippen molar-refractivity contribution < 1.29 is 0 Å². The molecule has 0 aliphatic carbocycles. The molecule has 0 saturated carbocycles. The fraction of sp³-hybridized carbons (Fsp3) is 0.625. The van der Waals surface area contributed by atoms with Gasteiger partial charge in [0.2, 0.25) is 0 Å². The maximum absolute atomic E-state index is 6.29. The Kier molecular flexibility index (Phi) is 5.52. The molecule has 0 aromatic heterocycles. The third kappa shape index (κ3) is 4.45. The molecule has 1 heterocycles. The summed E-state index contributed by atoms with van der Waals surface area (Å²) < 4.78 is 0.997. The molecule has 2 N–H and O–H groups in total. The predicted molar refractivity (Wildman–Crippen MR) is 90.2 cm³/mol. The molecule has 2 nitrogen and oxygen atoms in total. The van der Waals surface area contributed by atoms with E-state index in [2.05, 4.69) is 34.7 Å². The Balaban J connectivity index is 1.85. The molecule has 0 radical (unpaired) electrons. The van der Waals surface area contributed by atoms with Crippen molar-refractivity contribution in [2.75, 3.05) is 19.6 Å². The highest BCUT2D eigenvalue weighted by Gasteiger charge is 2.25. The van der Waals surface area contributed by atoms with Gasteiger partial charge in [-0.2, -0.15) is 0 Å². The Morgan fingerprint density at radius 2 is 2.00 bits per heavy atom. The number of hydrogen-bond acceptors (Lipinski definition) is 2. The minimum Gasteiger partial charge on any atom is -0.324 e. The number of likely N-dealkylation sites (tertiary alicyclic amines) is 1. The van der Waals surface area contributed by atoms with Crippen molar-refractivity contribution in [3.63, 3.8) is 0 Å². The average Bonchev–Trinajstić information content (AvgIpc) is 2.37. The van der Waals surface area contributed by atoms with Crippen molar-refractivity contribution in [1.29, 1.82) is 0 Å². The summed E-state index contributed by atoms with van der Waals surface area (Å²) in [5, 5.41) is 0.756. The van der Waals surface area contributed by atoms with Crippen LogP contribution in [-0.4, -0.2) is 24.5 Å². The molecule has 2 rings (SSSR count). The van der Waals surface area contributed by atoms with Crippen LogP contribution in [0.4, 0.5) is 0 Å². The first kappa shape index (κ1) is 16.3. The summed E-state index contributed by atoms with van der Waals surface area (Å²) in [4.78, 5) is 2.53. The molecule has 0 bridgehead atoms. The Bertz CT molecular complexity index is 452. The summed E-state index contributed by atoms with van der Waals surface area (Å²) >= 11 is 9.68. The lowest BCUT2D eigenvalue weighted by Gasteiger charge is -2.37. The smallest absolute Gasteiger partial charge is 0.0464 e. The summed E-state index contributed by atoms with van der Waals surface area (Å²) in [5.74, 6) is 0. The van der Waals surface area contributed by atoms with Crippen molar-refractivity contribution in [1.82, 2.24) is 4.90 Å². The first-order chi connectivity index (χ1) is 9.37. The Morgan fingerprint density at radius 1 is 1.35 bits per heavy atom. The molecule has 1 saturated heterocycles. The largest absolute Gasteiger partial charge is 0.324 e. The van der Waals surface area contributed by atoms with Crippen LogP contribution in [0, 0.1) is 5.41 Å². The van der Waals surface area contributed by atoms with E-state index in [0.29, 0.717) is 5.41 Å². The fourth-order valence-corrected chi connectivity index (χ4v) is 3.47. The quantitative estimate of drug-likeness (QED) is 0.850. The van der Waals surface area contributed by atoms with Crippen LogP contribution < -0.4 is 5.73 Å². The molecule has 112 valence electrons. The van der Waals surface area contributed by atoms with Crippen molar-refractivity contribution in [2.24, 2.45) is 11.1 Å². The van der Waals surface area contributed by atoms with Crippen LogP contribution in [0.3, 0.4) is 0 Å². The number of benzene rings is 1. The molecule has 4 heteroatoms. The van der Waals surface area contributed by atoms with Gasteiger partial charge in [-0.1, -0.05) is 47.4 Å². The molecule has 1 unspecified atom stereocenters. The summed E-state index contributed by atoms with van der Waals surface area (Å²) in [6, 6.07) is 5.96. The zero-order chi connectivity index (χ0) is 14.8. The predicted octanol–water partition coefficient (Wildman–Crippen LogP) is 4.61. The SMILES string of the molecule is CC1(C)CCN(CCC(N)c2ccc(Br)cc2Cl)CC1. The molecule has 1 aromatic carbocycles. The van der Waals surface area contributed by atoms with Gasteiger partial charge in [-0.15, -0.1) is 0 Å². The van der Waals surface area contributed by atoms with Crippen molar-refractivity contribution >= 4 is 27.5 Å². The van der Waals surface area contributed by atoms with Crippen LogP contribution in [0.15, 0.2) is 22.7 Å². The van der Waals surface area contributed by atoms with Gasteiger partial charge in [-0.25, -0.2) is 0 Å². The lowest BCUT2D eigenvalue weighted by Crippen LogP contribution is -2.38. The van der Waals surface area contributed by atoms with E-state index in [1.807, 2.05) is 18.2 Å². The van der Waals surface area contributed by atoms with E-state index >= 15 is 0 Å². The van der Waals surface area contributed by atoms with E-state index in [1.54, 1.807) is 0 Å². The van der Waals surface area contributed by atoms with Crippen LogP contribution >= 0.6 is 27.5 Å². The summed E-state index contributed by atoms with van der Waals surface area (Å²) in [6.07, 6.45) is 3.52. The number of nitrogens with zero attached hydrogens (tertiary/aromatic N) is 1. The Morgan fingerprint density at radius 3 is 2.60 bits per heavy atom. The van der Waals surface area contributed by atoms with E-state index < -0.39 is 0 Å². The minimum atomic E-state index is 0.0190. The van der Waals surface area contributed by atoms with Crippen molar-refractivity contribution in [2.45, 2.75) is 39.2 Å². The highest BCUT2D eigenvalue weighted by molar-refractivity contribution is 9.10. The van der Waals surface area contributed by atoms with E-state index in [1.165, 1.54) is 25.9 Å². The molecule has 0 spiro atoms. The van der Waals surface area contributed by atoms with Crippen LogP contribution in [-0.2, 0) is 0 Å². The fourth-order valence-electron chi connectivity index (χ4n) is 2.66. The van der Waals surface area contributed by atoms with Crippen LogP contribution in [0.5, 0.6) is 0 Å². The molecular weight excluding hydrogens is 336 g/mol. The Labute approximate surface area is 135 Å². The average molecular weight is 360 g/mol. The highest BCUT2D eigenvalue weighted by Crippen LogP contribution is 2.31. The molecule has 1 aliphatic rings. The lowest BCUT2D eigenvalue weighted by atomic mass is 9.82. The minimum absolute atomic E-state index is 0.0190. The van der Waals surface area contributed by atoms with Gasteiger partial charge in [-0.05, 0) is 62.0 Å². The maximum Gasteiger partial charge on any atom is 0.0464 e. The zero-order valence-electron chi connectivity index (χ0n) is 12.3. The molecule has 1 atom stereocenters. The first-order valence-electron chi connectivity index (χ1n) is 7.30. The van der Waals surface area contributed by atoms with Crippen molar-refractivity contribution in [3.05, 3.63) is 33.3 Å². The summed E-state index contributed by atoms with van der Waals surface area (Å²) in [6.45, 7) is 8.15. The van der Waals surface area contributed by atoms with Gasteiger partial charge >= 0.3 is 0 Å². The number of piperidine rings is 1. The number of nitrogens with two attached hydrogens (primary N) is 1. The Hall–Kier alpha value is -0.0900. The monoisotopic (exact) mass is 358 g/mol. The molecule has 0 amide bonds. The second-order valence-electron chi connectivity index (χ2n) is 6.57. The summed E-state index contributed by atoms with van der Waals surface area (Å²) in [7, 11) is 0.